The predicted molar refractivity (Wildman–Crippen MR) is 89.4 cm³/mol. The standard InChI is InChI=1S/C20H22O7/c1-18-3-2-10-12(8-25-17(10)24)13(18)5-14-19(26-14)16(23)11(9(6-21)7-22)4-15-20(18,19)27-15/h4,9,13-15,21-22H,2-3,5-8H2,1H3/t13-,14-,15-,18-,19+,20+/m0/s1. The Balaban J connectivity index is 1.47. The summed E-state index contributed by atoms with van der Waals surface area (Å²) in [5.74, 6) is -0.854. The van der Waals surface area contributed by atoms with Crippen molar-refractivity contribution in [2.75, 3.05) is 19.8 Å². The summed E-state index contributed by atoms with van der Waals surface area (Å²) in [7, 11) is 0. The fourth-order valence-corrected chi connectivity index (χ4v) is 6.66. The first-order chi connectivity index (χ1) is 12.9. The lowest BCUT2D eigenvalue weighted by atomic mass is 9.48. The SMILES string of the molecule is C[C@]12CCC3=C(COC3=O)[C@@H]1C[C@@H]1O[C@@]13C(=O)C(C(CO)CO)=C[C@@H]1O[C@]123. The van der Waals surface area contributed by atoms with E-state index in [1.54, 1.807) is 6.08 Å². The molecule has 0 amide bonds. The van der Waals surface area contributed by atoms with Crippen LogP contribution in [0.2, 0.25) is 0 Å². The Morgan fingerprint density at radius 2 is 2.04 bits per heavy atom. The van der Waals surface area contributed by atoms with E-state index >= 15 is 0 Å². The monoisotopic (exact) mass is 374 g/mol. The van der Waals surface area contributed by atoms with Crippen LogP contribution < -0.4 is 0 Å². The lowest BCUT2D eigenvalue weighted by molar-refractivity contribution is -0.136. The van der Waals surface area contributed by atoms with Gasteiger partial charge in [0, 0.05) is 22.5 Å². The summed E-state index contributed by atoms with van der Waals surface area (Å²) in [6, 6.07) is 0. The van der Waals surface area contributed by atoms with Gasteiger partial charge in [0.05, 0.1) is 19.3 Å². The fraction of sp³-hybridized carbons (Fsp3) is 0.700. The average molecular weight is 374 g/mol. The van der Waals surface area contributed by atoms with Gasteiger partial charge in [0.25, 0.3) is 0 Å². The van der Waals surface area contributed by atoms with E-state index in [-0.39, 0.29) is 48.5 Å². The van der Waals surface area contributed by atoms with E-state index in [0.29, 0.717) is 25.0 Å². The summed E-state index contributed by atoms with van der Waals surface area (Å²) in [5.41, 5.74) is 0.261. The summed E-state index contributed by atoms with van der Waals surface area (Å²) in [5, 5.41) is 19.1. The molecule has 2 spiro atoms. The van der Waals surface area contributed by atoms with Gasteiger partial charge in [0.1, 0.15) is 18.3 Å². The van der Waals surface area contributed by atoms with Crippen LogP contribution in [0, 0.1) is 17.3 Å². The molecule has 2 saturated heterocycles. The van der Waals surface area contributed by atoms with Gasteiger partial charge in [0.2, 0.25) is 0 Å². The highest BCUT2D eigenvalue weighted by Gasteiger charge is 2.92. The largest absolute Gasteiger partial charge is 0.458 e. The van der Waals surface area contributed by atoms with Gasteiger partial charge in [-0.3, -0.25) is 4.79 Å². The summed E-state index contributed by atoms with van der Waals surface area (Å²) < 4.78 is 17.7. The molecule has 6 rings (SSSR count). The zero-order valence-electron chi connectivity index (χ0n) is 15.1. The second kappa shape index (κ2) is 4.71. The quantitative estimate of drug-likeness (QED) is 0.530. The Kier molecular flexibility index (Phi) is 2.86. The van der Waals surface area contributed by atoms with Crippen LogP contribution in [-0.2, 0) is 23.8 Å². The van der Waals surface area contributed by atoms with Gasteiger partial charge < -0.3 is 24.4 Å². The van der Waals surface area contributed by atoms with Crippen molar-refractivity contribution in [3.63, 3.8) is 0 Å². The fourth-order valence-electron chi connectivity index (χ4n) is 6.66. The maximum Gasteiger partial charge on any atom is 0.334 e. The number of fused-ring (bicyclic) bond motifs is 2. The summed E-state index contributed by atoms with van der Waals surface area (Å²) in [6.07, 6.45) is 3.34. The van der Waals surface area contributed by atoms with E-state index < -0.39 is 17.1 Å². The molecule has 0 aromatic rings. The Bertz CT molecular complexity index is 854. The van der Waals surface area contributed by atoms with Gasteiger partial charge in [-0.2, -0.15) is 0 Å². The Morgan fingerprint density at radius 1 is 1.26 bits per heavy atom. The first kappa shape index (κ1) is 16.4. The van der Waals surface area contributed by atoms with Crippen LogP contribution in [0.4, 0.5) is 0 Å². The highest BCUT2D eigenvalue weighted by molar-refractivity contribution is 6.08. The maximum atomic E-state index is 13.4. The topological polar surface area (TPSA) is 109 Å². The second-order valence-electron chi connectivity index (χ2n) is 8.92. The minimum absolute atomic E-state index is 0.104. The van der Waals surface area contributed by atoms with Crippen molar-refractivity contribution in [2.24, 2.45) is 17.3 Å². The second-order valence-corrected chi connectivity index (χ2v) is 8.92. The van der Waals surface area contributed by atoms with E-state index in [9.17, 15) is 19.8 Å². The molecule has 6 aliphatic rings. The number of ether oxygens (including phenoxy) is 3. The van der Waals surface area contributed by atoms with Crippen molar-refractivity contribution in [1.82, 2.24) is 0 Å². The molecule has 3 aliphatic heterocycles. The Labute approximate surface area is 156 Å². The number of aliphatic hydroxyl groups is 2. The number of carbonyl (C=O) groups excluding carboxylic acids is 2. The molecule has 0 radical (unpaired) electrons. The van der Waals surface area contributed by atoms with Gasteiger partial charge in [-0.25, -0.2) is 4.79 Å². The number of carbonyl (C=O) groups is 2. The third-order valence-corrected chi connectivity index (χ3v) is 8.12. The normalized spacial score (nSPS) is 48.9. The molecule has 3 heterocycles. The van der Waals surface area contributed by atoms with Gasteiger partial charge in [-0.15, -0.1) is 0 Å². The van der Waals surface area contributed by atoms with E-state index in [0.717, 1.165) is 17.6 Å². The number of cyclic esters (lactones) is 1. The minimum atomic E-state index is -1.00. The molecule has 0 bridgehead atoms. The molecular formula is C20H22O7. The zero-order chi connectivity index (χ0) is 18.8. The Hall–Kier alpha value is -1.54. The molecular weight excluding hydrogens is 352 g/mol. The average Bonchev–Trinajstić information content (AvgIpc) is 3.53. The molecule has 0 unspecified atom stereocenters. The molecule has 7 nitrogen and oxygen atoms in total. The van der Waals surface area contributed by atoms with Crippen molar-refractivity contribution < 1.29 is 34.0 Å². The van der Waals surface area contributed by atoms with E-state index in [2.05, 4.69) is 6.92 Å². The van der Waals surface area contributed by atoms with E-state index in [1.165, 1.54) is 0 Å². The molecule has 0 aromatic heterocycles. The summed E-state index contributed by atoms with van der Waals surface area (Å²) in [6.45, 7) is 1.92. The number of esters is 1. The molecule has 3 aliphatic carbocycles. The number of Topliss-reactive ketones (excluding diaryl/α,β-unsaturated/α-hetero) is 1. The van der Waals surface area contributed by atoms with Gasteiger partial charge in [-0.1, -0.05) is 6.92 Å². The van der Waals surface area contributed by atoms with E-state index in [1.807, 2.05) is 0 Å². The molecule has 1 saturated carbocycles. The van der Waals surface area contributed by atoms with Crippen LogP contribution in [0.1, 0.15) is 26.2 Å². The number of epoxide rings is 2. The maximum absolute atomic E-state index is 13.4. The number of rotatable bonds is 3. The molecule has 0 aromatic carbocycles. The van der Waals surface area contributed by atoms with Gasteiger partial charge in [0.15, 0.2) is 11.4 Å². The molecule has 2 N–H and O–H groups in total. The molecule has 27 heavy (non-hydrogen) atoms. The molecule has 3 fully saturated rings. The minimum Gasteiger partial charge on any atom is -0.458 e. The van der Waals surface area contributed by atoms with Crippen molar-refractivity contribution in [2.45, 2.75) is 49.6 Å². The van der Waals surface area contributed by atoms with Gasteiger partial charge in [-0.05, 0) is 36.8 Å². The lowest BCUT2D eigenvalue weighted by Crippen LogP contribution is -2.63. The van der Waals surface area contributed by atoms with Crippen molar-refractivity contribution in [1.29, 1.82) is 0 Å². The third kappa shape index (κ3) is 1.54. The highest BCUT2D eigenvalue weighted by Crippen LogP contribution is 2.77. The highest BCUT2D eigenvalue weighted by atomic mass is 16.7. The third-order valence-electron chi connectivity index (χ3n) is 8.12. The van der Waals surface area contributed by atoms with Crippen molar-refractivity contribution >= 4 is 11.8 Å². The van der Waals surface area contributed by atoms with Crippen LogP contribution in [0.15, 0.2) is 22.8 Å². The van der Waals surface area contributed by atoms with Crippen LogP contribution in [0.3, 0.4) is 0 Å². The van der Waals surface area contributed by atoms with Crippen LogP contribution in [0.5, 0.6) is 0 Å². The number of ketones is 1. The van der Waals surface area contributed by atoms with Crippen molar-refractivity contribution in [3.8, 4) is 0 Å². The lowest BCUT2D eigenvalue weighted by Gasteiger charge is -2.51. The molecule has 6 atom stereocenters. The molecule has 144 valence electrons. The molecule has 7 heteroatoms. The Morgan fingerprint density at radius 3 is 2.78 bits per heavy atom. The van der Waals surface area contributed by atoms with Crippen LogP contribution >= 0.6 is 0 Å². The van der Waals surface area contributed by atoms with Crippen LogP contribution in [-0.4, -0.2) is 65.2 Å². The first-order valence-corrected chi connectivity index (χ1v) is 9.67. The first-order valence-electron chi connectivity index (χ1n) is 9.67. The van der Waals surface area contributed by atoms with Crippen LogP contribution in [0.25, 0.3) is 0 Å². The van der Waals surface area contributed by atoms with E-state index in [4.69, 9.17) is 14.2 Å². The number of hydrogen-bond acceptors (Lipinski definition) is 7. The smallest absolute Gasteiger partial charge is 0.334 e. The number of hydrogen-bond donors (Lipinski definition) is 2. The summed E-state index contributed by atoms with van der Waals surface area (Å²) >= 11 is 0. The zero-order valence-corrected chi connectivity index (χ0v) is 15.1. The van der Waals surface area contributed by atoms with Gasteiger partial charge >= 0.3 is 5.97 Å². The number of aliphatic hydroxyl groups excluding tert-OH is 2. The van der Waals surface area contributed by atoms with Crippen molar-refractivity contribution in [3.05, 3.63) is 22.8 Å². The summed E-state index contributed by atoms with van der Waals surface area (Å²) in [4.78, 5) is 25.5. The predicted octanol–water partition coefficient (Wildman–Crippen LogP) is 0.0449.